The maximum absolute atomic E-state index is 6.73. The summed E-state index contributed by atoms with van der Waals surface area (Å²) < 4.78 is 10.7. The van der Waals surface area contributed by atoms with Gasteiger partial charge >= 0.3 is 12.0 Å². The van der Waals surface area contributed by atoms with Crippen LogP contribution in [0.25, 0.3) is 0 Å². The number of halogens is 2. The Morgan fingerprint density at radius 2 is 1.29 bits per heavy atom. The van der Waals surface area contributed by atoms with Crippen LogP contribution in [0.5, 0.6) is 12.0 Å². The van der Waals surface area contributed by atoms with Gasteiger partial charge in [-0.3, -0.25) is 0 Å². The Labute approximate surface area is 173 Å². The molecule has 0 spiro atoms. The molecule has 2 heterocycles. The molecule has 0 aliphatic rings. The molecule has 154 valence electrons. The fourth-order valence-corrected chi connectivity index (χ4v) is 2.80. The van der Waals surface area contributed by atoms with Crippen molar-refractivity contribution in [1.29, 1.82) is 0 Å². The summed E-state index contributed by atoms with van der Waals surface area (Å²) in [5, 5.41) is -0.0918. The normalized spacial score (nSPS) is 11.5. The molecule has 28 heavy (non-hydrogen) atoms. The summed E-state index contributed by atoms with van der Waals surface area (Å²) in [5.41, 5.74) is 11.0. The van der Waals surface area contributed by atoms with E-state index in [0.717, 1.165) is 19.3 Å². The molecule has 0 unspecified atom stereocenters. The van der Waals surface area contributed by atoms with Crippen LogP contribution in [0.4, 0.5) is 0 Å². The molecule has 0 atom stereocenters. The zero-order chi connectivity index (χ0) is 20.6. The van der Waals surface area contributed by atoms with Crippen molar-refractivity contribution < 1.29 is 9.47 Å². The Balaban J connectivity index is 2.51. The molecule has 2 aromatic rings. The quantitative estimate of drug-likeness (QED) is 0.505. The molecule has 0 radical (unpaired) electrons. The average molecular weight is 431 g/mol. The van der Waals surface area contributed by atoms with E-state index in [9.17, 15) is 0 Å². The van der Waals surface area contributed by atoms with Gasteiger partial charge in [-0.1, -0.05) is 12.8 Å². The maximum Gasteiger partial charge on any atom is 0.321 e. The van der Waals surface area contributed by atoms with E-state index in [-0.39, 0.29) is 34.2 Å². The highest BCUT2D eigenvalue weighted by molar-refractivity contribution is 6.28. The number of hydrogen-bond donors (Lipinski definition) is 2. The van der Waals surface area contributed by atoms with Crippen molar-refractivity contribution in [3.8, 4) is 12.0 Å². The van der Waals surface area contributed by atoms with Crippen LogP contribution in [-0.2, 0) is 5.54 Å². The summed E-state index contributed by atoms with van der Waals surface area (Å²) in [4.78, 5) is 24.9. The number of aromatic nitrogens is 6. The minimum Gasteiger partial charge on any atom is -0.464 e. The van der Waals surface area contributed by atoms with Crippen molar-refractivity contribution in [2.24, 2.45) is 11.5 Å². The number of rotatable bonds is 11. The zero-order valence-electron chi connectivity index (χ0n) is 15.9. The van der Waals surface area contributed by atoms with Crippen LogP contribution in [-0.4, -0.2) is 49.7 Å². The van der Waals surface area contributed by atoms with Gasteiger partial charge in [0.2, 0.25) is 10.6 Å². The monoisotopic (exact) mass is 430 g/mol. The van der Waals surface area contributed by atoms with Gasteiger partial charge in [-0.2, -0.15) is 29.9 Å². The highest BCUT2D eigenvalue weighted by Crippen LogP contribution is 2.30. The van der Waals surface area contributed by atoms with Gasteiger partial charge in [-0.25, -0.2) is 0 Å². The summed E-state index contributed by atoms with van der Waals surface area (Å²) in [6.45, 7) is 4.93. The van der Waals surface area contributed by atoms with Gasteiger partial charge in [0.25, 0.3) is 0 Å². The third kappa shape index (κ3) is 5.81. The SMILES string of the molecule is CCOc1nc(Cl)nc(C(N)(CCCCCN)c2nc(Cl)nc(OCC)n2)n1. The molecule has 0 fully saturated rings. The number of unbranched alkanes of at least 4 members (excludes halogenated alkanes) is 2. The topological polar surface area (TPSA) is 148 Å². The Morgan fingerprint density at radius 1 is 0.786 bits per heavy atom. The Morgan fingerprint density at radius 3 is 1.71 bits per heavy atom. The molecule has 4 N–H and O–H groups in total. The maximum atomic E-state index is 6.73. The van der Waals surface area contributed by atoms with Gasteiger partial charge in [0.1, 0.15) is 5.54 Å². The number of nitrogens with zero attached hydrogens (tertiary/aromatic N) is 6. The molecule has 2 aromatic heterocycles. The van der Waals surface area contributed by atoms with Crippen LogP contribution >= 0.6 is 23.2 Å². The smallest absolute Gasteiger partial charge is 0.321 e. The van der Waals surface area contributed by atoms with Crippen LogP contribution in [0.15, 0.2) is 0 Å². The highest BCUT2D eigenvalue weighted by atomic mass is 35.5. The lowest BCUT2D eigenvalue weighted by Crippen LogP contribution is -2.42. The molecule has 0 bridgehead atoms. The predicted molar refractivity (Wildman–Crippen MR) is 105 cm³/mol. The lowest BCUT2D eigenvalue weighted by molar-refractivity contribution is 0.297. The summed E-state index contributed by atoms with van der Waals surface area (Å²) in [7, 11) is 0. The molecule has 0 aromatic carbocycles. The van der Waals surface area contributed by atoms with Crippen molar-refractivity contribution in [3.63, 3.8) is 0 Å². The van der Waals surface area contributed by atoms with Crippen molar-refractivity contribution in [3.05, 3.63) is 22.2 Å². The van der Waals surface area contributed by atoms with Crippen molar-refractivity contribution >= 4 is 23.2 Å². The minimum atomic E-state index is -1.30. The van der Waals surface area contributed by atoms with Gasteiger partial charge in [-0.05, 0) is 56.4 Å². The van der Waals surface area contributed by atoms with Gasteiger partial charge in [0, 0.05) is 0 Å². The van der Waals surface area contributed by atoms with Gasteiger partial charge in [0.05, 0.1) is 13.2 Å². The van der Waals surface area contributed by atoms with Crippen molar-refractivity contribution in [2.75, 3.05) is 19.8 Å². The summed E-state index contributed by atoms with van der Waals surface area (Å²) in [6, 6.07) is 0.138. The van der Waals surface area contributed by atoms with E-state index < -0.39 is 5.54 Å². The molecule has 10 nitrogen and oxygen atoms in total. The van der Waals surface area contributed by atoms with E-state index >= 15 is 0 Å². The van der Waals surface area contributed by atoms with Crippen molar-refractivity contribution in [1.82, 2.24) is 29.9 Å². The van der Waals surface area contributed by atoms with Crippen LogP contribution in [0.1, 0.15) is 51.2 Å². The molecule has 2 rings (SSSR count). The Kier molecular flexibility index (Phi) is 8.49. The second-order valence-corrected chi connectivity index (χ2v) is 6.53. The summed E-state index contributed by atoms with van der Waals surface area (Å²) in [5.74, 6) is 0.349. The number of nitrogens with two attached hydrogens (primary N) is 2. The zero-order valence-corrected chi connectivity index (χ0v) is 17.4. The van der Waals surface area contributed by atoms with E-state index in [1.807, 2.05) is 0 Å². The number of hydrogen-bond acceptors (Lipinski definition) is 10. The van der Waals surface area contributed by atoms with Gasteiger partial charge in [0.15, 0.2) is 11.6 Å². The van der Waals surface area contributed by atoms with E-state index in [2.05, 4.69) is 29.9 Å². The Hall–Kier alpha value is -1.88. The average Bonchev–Trinajstić information content (AvgIpc) is 2.64. The largest absolute Gasteiger partial charge is 0.464 e. The van der Waals surface area contributed by atoms with Crippen molar-refractivity contribution in [2.45, 2.75) is 45.1 Å². The molecule has 0 amide bonds. The summed E-state index contributed by atoms with van der Waals surface area (Å²) in [6.07, 6.45) is 2.88. The van der Waals surface area contributed by atoms with Crippen LogP contribution in [0, 0.1) is 0 Å². The third-order valence-electron chi connectivity index (χ3n) is 3.80. The van der Waals surface area contributed by atoms with E-state index in [4.69, 9.17) is 44.1 Å². The third-order valence-corrected chi connectivity index (χ3v) is 4.13. The van der Waals surface area contributed by atoms with Crippen LogP contribution in [0.3, 0.4) is 0 Å². The Bertz CT molecular complexity index is 725. The second kappa shape index (κ2) is 10.6. The molecular formula is C16H24Cl2N8O2. The fraction of sp³-hybridized carbons (Fsp3) is 0.625. The second-order valence-electron chi connectivity index (χ2n) is 5.86. The molecule has 12 heteroatoms. The van der Waals surface area contributed by atoms with Gasteiger partial charge < -0.3 is 20.9 Å². The first-order valence-electron chi connectivity index (χ1n) is 9.01. The van der Waals surface area contributed by atoms with Crippen LogP contribution in [0.2, 0.25) is 10.6 Å². The van der Waals surface area contributed by atoms with E-state index in [0.29, 0.717) is 26.2 Å². The first kappa shape index (κ1) is 22.4. The van der Waals surface area contributed by atoms with Crippen LogP contribution < -0.4 is 20.9 Å². The predicted octanol–water partition coefficient (Wildman–Crippen LogP) is 1.88. The first-order chi connectivity index (χ1) is 13.4. The fourth-order valence-electron chi connectivity index (χ4n) is 2.50. The lowest BCUT2D eigenvalue weighted by atomic mass is 9.91. The molecule has 0 aliphatic carbocycles. The lowest BCUT2D eigenvalue weighted by Gasteiger charge is -2.26. The highest BCUT2D eigenvalue weighted by Gasteiger charge is 2.38. The molecule has 0 saturated heterocycles. The van der Waals surface area contributed by atoms with E-state index in [1.54, 1.807) is 13.8 Å². The number of ether oxygens (including phenoxy) is 2. The first-order valence-corrected chi connectivity index (χ1v) is 9.77. The minimum absolute atomic E-state index is 0.0459. The molecule has 0 aliphatic heterocycles. The van der Waals surface area contributed by atoms with Gasteiger partial charge in [-0.15, -0.1) is 0 Å². The molecule has 0 saturated carbocycles. The standard InChI is InChI=1S/C16H24Cl2N8O2/c1-3-27-14-23-10(21-12(17)25-14)16(20,8-6-5-7-9-19)11-22-13(18)26-15(24-11)28-4-2/h3-9,19-20H2,1-2H3. The van der Waals surface area contributed by atoms with E-state index in [1.165, 1.54) is 0 Å². The summed E-state index contributed by atoms with van der Waals surface area (Å²) >= 11 is 12.1. The molecular weight excluding hydrogens is 407 g/mol.